The van der Waals surface area contributed by atoms with E-state index < -0.39 is 56.7 Å². The normalized spacial score (nSPS) is 30.0. The molecular weight excluding hydrogens is 1210 g/mol. The Morgan fingerprint density at radius 3 is 2.37 bits per heavy atom. The average Bonchev–Trinajstić information content (AvgIpc) is 1.74. The van der Waals surface area contributed by atoms with Crippen molar-refractivity contribution < 1.29 is 72.4 Å². The summed E-state index contributed by atoms with van der Waals surface area (Å²) in [5, 5.41) is 49.0. The standard InChI is InChI=1S/C81H89N3O9S.Na/c1-49-18-19-56-40-64-27-30-67(56)70(49)44-75(94(89,90)91)72-42-59-38-58(41-65-36-51(48-85)13-9-15-55-39-63(86)26-29-69(55)77(59)92-65)76(72)53-20-24-61(25-21-53)81(93-64,84-78(82)83)47-62(35-50-11-3-2-4-12-50)80(88)34-10-16-57(46-80)54-22-28-68-60(37-54)45-79(32-7-8-33-79)73-31-23-52-14-5-6-17-66(52)71(73)43-74(68)87;/h2-6,11-12,14,17,20-31,37,39-40,42,49,51,57-58,62,65,70,72,74-77,85-88H,7-8,10,13,16,18-19,32-36,38,41,43-48H2,1H3,(H4,82,83,84)(H,89,90,91);/q;+1/p-1/t49-,51+,57+,58-,62+,65-,70+,72-,74-,75-,76+,77-,80-,81-;/m1./s1. The molecule has 8 N–H and O–H groups in total. The maximum Gasteiger partial charge on any atom is 1.00 e. The number of aromatic hydroxyl groups is 1. The monoisotopic (exact) mass is 1300 g/mol. The second-order valence-corrected chi connectivity index (χ2v) is 31.3. The van der Waals surface area contributed by atoms with Crippen molar-refractivity contribution in [3.05, 3.63) is 224 Å². The van der Waals surface area contributed by atoms with Crippen LogP contribution in [-0.4, -0.2) is 62.9 Å². The Labute approximate surface area is 582 Å². The van der Waals surface area contributed by atoms with E-state index in [2.05, 4.69) is 104 Å². The van der Waals surface area contributed by atoms with Crippen LogP contribution in [-0.2, 0) is 51.7 Å². The Balaban J connectivity index is 0.00000778. The van der Waals surface area contributed by atoms with Gasteiger partial charge in [-0.3, -0.25) is 0 Å². The number of aliphatic hydroxyl groups is 3. The van der Waals surface area contributed by atoms with Gasteiger partial charge in [-0.2, -0.15) is 0 Å². The molecule has 0 unspecified atom stereocenters. The van der Waals surface area contributed by atoms with Gasteiger partial charge in [-0.25, -0.2) is 13.4 Å². The van der Waals surface area contributed by atoms with Crippen molar-refractivity contribution in [2.75, 3.05) is 6.61 Å². The Kier molecular flexibility index (Phi) is 18.4. The van der Waals surface area contributed by atoms with Gasteiger partial charge in [0.1, 0.15) is 17.6 Å². The first-order chi connectivity index (χ1) is 45.4. The molecule has 14 heteroatoms. The van der Waals surface area contributed by atoms with Crippen LogP contribution in [0.25, 0.3) is 10.8 Å². The first-order valence-electron chi connectivity index (χ1n) is 34.8. The average molecular weight is 1300 g/mol. The van der Waals surface area contributed by atoms with E-state index in [9.17, 15) is 33.4 Å². The zero-order valence-electron chi connectivity index (χ0n) is 54.8. The molecule has 95 heavy (non-hydrogen) atoms. The number of aliphatic hydroxyl groups excluding tert-OH is 2. The predicted octanol–water partition coefficient (Wildman–Crippen LogP) is 11.0. The number of rotatable bonds is 9. The van der Waals surface area contributed by atoms with Gasteiger partial charge in [-0.1, -0.05) is 159 Å². The van der Waals surface area contributed by atoms with Crippen molar-refractivity contribution in [1.29, 1.82) is 0 Å². The molecule has 7 aromatic carbocycles. The van der Waals surface area contributed by atoms with Crippen molar-refractivity contribution in [3.63, 3.8) is 0 Å². The zero-order valence-corrected chi connectivity index (χ0v) is 57.7. The molecule has 5 aliphatic heterocycles. The maximum atomic E-state index is 14.5. The number of hydrogen-bond acceptors (Lipinski definition) is 10. The third-order valence-electron chi connectivity index (χ3n) is 24.0. The van der Waals surface area contributed by atoms with Gasteiger partial charge >= 0.3 is 29.6 Å². The summed E-state index contributed by atoms with van der Waals surface area (Å²) in [5.74, 6) is 4.68. The minimum Gasteiger partial charge on any atom is -0.748 e. The molecule has 7 aromatic rings. The summed E-state index contributed by atoms with van der Waals surface area (Å²) in [7, 11) is -4.97. The third-order valence-corrected chi connectivity index (χ3v) is 25.3. The first kappa shape index (κ1) is 66.0. The molecule has 5 heterocycles. The van der Waals surface area contributed by atoms with E-state index in [0.29, 0.717) is 74.7 Å². The number of allylic oxidation sites excluding steroid dienone is 1. The Hall–Kier alpha value is -6.28. The summed E-state index contributed by atoms with van der Waals surface area (Å²) in [6.07, 6.45) is 13.3. The van der Waals surface area contributed by atoms with Crippen LogP contribution < -0.4 is 45.8 Å². The van der Waals surface area contributed by atoms with E-state index in [0.717, 1.165) is 77.5 Å². The third kappa shape index (κ3) is 12.8. The van der Waals surface area contributed by atoms with E-state index >= 15 is 0 Å². The quantitative estimate of drug-likeness (QED) is 0.0199. The molecule has 5 aliphatic carbocycles. The molecule has 0 amide bonds. The second-order valence-electron chi connectivity index (χ2n) is 29.7. The van der Waals surface area contributed by atoms with E-state index in [-0.39, 0.29) is 102 Å². The molecule has 2 saturated carbocycles. The summed E-state index contributed by atoms with van der Waals surface area (Å²) >= 11 is 0. The van der Waals surface area contributed by atoms with Crippen LogP contribution in [0.2, 0.25) is 0 Å². The van der Waals surface area contributed by atoms with Crippen molar-refractivity contribution in [2.24, 2.45) is 46.0 Å². The van der Waals surface area contributed by atoms with Gasteiger partial charge in [-0.05, 0) is 233 Å². The predicted molar refractivity (Wildman–Crippen MR) is 366 cm³/mol. The number of fused-ring (bicyclic) bond motifs is 14. The molecule has 1 spiro atoms. The fraction of sp³-hybridized carbons (Fsp3) is 0.444. The number of phenolic OH excluding ortho intramolecular Hbond substituents is 1. The van der Waals surface area contributed by atoms with E-state index in [1.165, 1.54) is 45.9 Å². The molecule has 3 fully saturated rings. The summed E-state index contributed by atoms with van der Waals surface area (Å²) in [5.41, 5.74) is 23.4. The Bertz CT molecular complexity index is 4270. The van der Waals surface area contributed by atoms with Crippen molar-refractivity contribution >= 4 is 26.9 Å². The van der Waals surface area contributed by atoms with Crippen LogP contribution >= 0.6 is 0 Å². The van der Waals surface area contributed by atoms with Crippen LogP contribution in [0.4, 0.5) is 0 Å². The van der Waals surface area contributed by atoms with E-state index in [1.54, 1.807) is 12.1 Å². The van der Waals surface area contributed by atoms with Gasteiger partial charge < -0.3 is 45.9 Å². The topological polar surface area (TPSA) is 221 Å². The largest absolute Gasteiger partial charge is 1.00 e. The number of nitrogens with two attached hydrogens (primary N) is 2. The van der Waals surface area contributed by atoms with Crippen LogP contribution in [0.15, 0.2) is 162 Å². The summed E-state index contributed by atoms with van der Waals surface area (Å²) in [6, 6.07) is 49.6. The number of hydrogen-bond donors (Lipinski definition) is 6. The van der Waals surface area contributed by atoms with Crippen molar-refractivity contribution in [2.45, 2.75) is 187 Å². The number of phenols is 1. The summed E-state index contributed by atoms with van der Waals surface area (Å²) in [4.78, 5) is 5.24. The fourth-order valence-electron chi connectivity index (χ4n) is 19.5. The number of guanidine groups is 1. The first-order valence-corrected chi connectivity index (χ1v) is 36.2. The van der Waals surface area contributed by atoms with Gasteiger partial charge in [0.25, 0.3) is 0 Å². The Morgan fingerprint density at radius 1 is 0.811 bits per heavy atom. The molecule has 0 aromatic heterocycles. The summed E-state index contributed by atoms with van der Waals surface area (Å²) in [6.45, 7) is 2.07. The van der Waals surface area contributed by atoms with Gasteiger partial charge in [0.05, 0.1) is 33.2 Å². The molecule has 488 valence electrons. The van der Waals surface area contributed by atoms with Crippen LogP contribution in [0.5, 0.6) is 11.5 Å². The number of aliphatic imine (C=N–C) groups is 1. The SMILES string of the molecule is C[C@@H]1CCc2cc3ccc2[C@H]1C[C@@H](S(=O)(=O)[O-])[C@H]1C=C2C[C@H](C[C@H]4C[C@@H](CO)CC#Cc5cc(O)ccc5[C@@H]2O4)[C@@H]1c1ccc(cc1)[C@](C[C@H](Cc1ccccc1)[C@@]1(O)CCC[C@H](c2ccc4c(c2)CC2(CCCC2)c2ccc5ccccc5c2C[C@H]4O)C1)(N=C(N)N)O3.[Na+]. The number of nitrogens with zero attached hydrogens (tertiary/aromatic N) is 1. The molecule has 10 bridgehead atoms. The zero-order chi connectivity index (χ0) is 64.7. The van der Waals surface area contributed by atoms with Crippen molar-refractivity contribution in [3.8, 4) is 23.3 Å². The van der Waals surface area contributed by atoms with Gasteiger partial charge in [0.15, 0.2) is 5.96 Å². The molecule has 12 nitrogen and oxygen atoms in total. The van der Waals surface area contributed by atoms with Gasteiger partial charge in [-0.15, -0.1) is 0 Å². The van der Waals surface area contributed by atoms with Crippen molar-refractivity contribution in [1.82, 2.24) is 0 Å². The smallest absolute Gasteiger partial charge is 0.748 e. The van der Waals surface area contributed by atoms with Crippen LogP contribution in [0.3, 0.4) is 0 Å². The van der Waals surface area contributed by atoms with Gasteiger partial charge in [0, 0.05) is 42.6 Å². The van der Waals surface area contributed by atoms with Crippen LogP contribution in [0, 0.1) is 41.4 Å². The summed E-state index contributed by atoms with van der Waals surface area (Å²) < 4.78 is 58.2. The number of benzene rings is 7. The molecule has 10 aliphatic rings. The number of aryl methyl sites for hydroxylation is 1. The van der Waals surface area contributed by atoms with E-state index in [1.807, 2.05) is 54.6 Å². The van der Waals surface area contributed by atoms with E-state index in [4.69, 9.17) is 25.9 Å². The maximum absolute atomic E-state index is 14.5. The molecule has 17 rings (SSSR count). The number of ether oxygens (including phenoxy) is 2. The van der Waals surface area contributed by atoms with Crippen LogP contribution in [0.1, 0.15) is 200 Å². The fourth-order valence-corrected chi connectivity index (χ4v) is 20.6. The second kappa shape index (κ2) is 26.5. The van der Waals surface area contributed by atoms with Gasteiger partial charge in [0.2, 0.25) is 5.72 Å². The molecule has 14 atom stereocenters. The molecular formula is C81H88N3NaO9S. The molecule has 0 radical (unpaired) electrons. The minimum absolute atomic E-state index is 0. The Morgan fingerprint density at radius 2 is 1.58 bits per heavy atom. The minimum atomic E-state index is -4.97. The molecule has 1 saturated heterocycles.